The minimum Gasteiger partial charge on any atom is -0.490 e. The van der Waals surface area contributed by atoms with E-state index in [4.69, 9.17) is 25.8 Å². The fourth-order valence-corrected chi connectivity index (χ4v) is 8.00. The van der Waals surface area contributed by atoms with Crippen LogP contribution in [-0.2, 0) is 35.7 Å². The second kappa shape index (κ2) is 13.7. The summed E-state index contributed by atoms with van der Waals surface area (Å²) in [6.07, 6.45) is 9.08. The molecule has 2 bridgehead atoms. The van der Waals surface area contributed by atoms with Crippen molar-refractivity contribution in [3.63, 3.8) is 0 Å². The lowest BCUT2D eigenvalue weighted by Gasteiger charge is -2.46. The summed E-state index contributed by atoms with van der Waals surface area (Å²) in [5.41, 5.74) is 3.86. The van der Waals surface area contributed by atoms with Crippen LogP contribution in [0.5, 0.6) is 5.75 Å². The average Bonchev–Trinajstić information content (AvgIpc) is 3.18. The summed E-state index contributed by atoms with van der Waals surface area (Å²) in [7, 11) is 3.09. The first kappa shape index (κ1) is 32.4. The molecule has 0 radical (unpaired) electrons. The Kier molecular flexibility index (Phi) is 9.62. The molecule has 2 heterocycles. The summed E-state index contributed by atoms with van der Waals surface area (Å²) in [6.45, 7) is 2.04. The van der Waals surface area contributed by atoms with Crippen LogP contribution in [0.4, 0.5) is 5.69 Å². The number of carboxylic acids is 1. The molecule has 9 nitrogen and oxygen atoms in total. The lowest BCUT2D eigenvalue weighted by molar-refractivity contribution is -0.146. The molecule has 1 spiro atoms. The minimum atomic E-state index is -0.994. The van der Waals surface area contributed by atoms with E-state index in [1.807, 2.05) is 36.4 Å². The van der Waals surface area contributed by atoms with Crippen molar-refractivity contribution >= 4 is 35.1 Å². The summed E-state index contributed by atoms with van der Waals surface area (Å²) in [6, 6.07) is 12.0. The van der Waals surface area contributed by atoms with Crippen molar-refractivity contribution in [2.45, 2.75) is 62.4 Å². The molecule has 246 valence electrons. The summed E-state index contributed by atoms with van der Waals surface area (Å²) < 4.78 is 17.8. The molecule has 1 saturated carbocycles. The third kappa shape index (κ3) is 6.63. The Labute approximate surface area is 275 Å². The van der Waals surface area contributed by atoms with Crippen molar-refractivity contribution in [1.29, 1.82) is 0 Å². The number of ether oxygens (including phenoxy) is 3. The van der Waals surface area contributed by atoms with Crippen molar-refractivity contribution in [3.8, 4) is 5.75 Å². The molecule has 2 aromatic carbocycles. The van der Waals surface area contributed by atoms with Gasteiger partial charge in [-0.3, -0.25) is 9.59 Å². The first-order valence-corrected chi connectivity index (χ1v) is 16.7. The number of benzene rings is 2. The zero-order chi connectivity index (χ0) is 32.4. The van der Waals surface area contributed by atoms with Crippen LogP contribution >= 0.6 is 11.6 Å². The highest BCUT2D eigenvalue weighted by Crippen LogP contribution is 2.47. The van der Waals surface area contributed by atoms with E-state index in [2.05, 4.69) is 17.0 Å². The van der Waals surface area contributed by atoms with Crippen LogP contribution < -0.4 is 9.64 Å². The first-order chi connectivity index (χ1) is 22.2. The highest BCUT2D eigenvalue weighted by Gasteiger charge is 2.44. The van der Waals surface area contributed by atoms with Gasteiger partial charge in [0.2, 0.25) is 5.91 Å². The summed E-state index contributed by atoms with van der Waals surface area (Å²) in [4.78, 5) is 42.0. The van der Waals surface area contributed by atoms with Gasteiger partial charge in [-0.1, -0.05) is 35.9 Å². The number of carbonyl (C=O) groups excluding carboxylic acids is 2. The van der Waals surface area contributed by atoms with Crippen LogP contribution in [0.15, 0.2) is 48.6 Å². The molecule has 1 amide bonds. The van der Waals surface area contributed by atoms with Gasteiger partial charge in [0.15, 0.2) is 0 Å². The van der Waals surface area contributed by atoms with Crippen LogP contribution in [0.2, 0.25) is 5.02 Å². The number of esters is 1. The fourth-order valence-electron chi connectivity index (χ4n) is 7.81. The quantitative estimate of drug-likeness (QED) is 0.348. The number of carbonyl (C=O) groups is 3. The van der Waals surface area contributed by atoms with Crippen molar-refractivity contribution in [2.75, 3.05) is 51.9 Å². The Bertz CT molecular complexity index is 1510. The van der Waals surface area contributed by atoms with Crippen molar-refractivity contribution in [1.82, 2.24) is 4.90 Å². The molecule has 4 aliphatic rings. The normalized spacial score (nSPS) is 28.6. The number of fused-ring (bicyclic) bond motifs is 4. The van der Waals surface area contributed by atoms with Crippen LogP contribution in [-0.4, -0.2) is 81.0 Å². The van der Waals surface area contributed by atoms with E-state index in [0.717, 1.165) is 55.1 Å². The predicted octanol–water partition coefficient (Wildman–Crippen LogP) is 5.37. The largest absolute Gasteiger partial charge is 0.490 e. The Balaban J connectivity index is 1.43. The van der Waals surface area contributed by atoms with Crippen LogP contribution in [0.1, 0.15) is 61.1 Å². The molecule has 2 aromatic rings. The number of aliphatic carboxylic acids is 1. The van der Waals surface area contributed by atoms with E-state index in [-0.39, 0.29) is 42.3 Å². The zero-order valence-corrected chi connectivity index (χ0v) is 27.3. The number of nitrogens with zero attached hydrogens (tertiary/aromatic N) is 2. The van der Waals surface area contributed by atoms with Gasteiger partial charge < -0.3 is 29.1 Å². The molecule has 6 rings (SSSR count). The lowest BCUT2D eigenvalue weighted by Crippen LogP contribution is -2.49. The molecule has 10 heteroatoms. The Morgan fingerprint density at radius 3 is 2.78 bits per heavy atom. The Morgan fingerprint density at radius 2 is 2.02 bits per heavy atom. The molecule has 0 saturated heterocycles. The molecule has 0 aromatic heterocycles. The van der Waals surface area contributed by atoms with Gasteiger partial charge in [0.1, 0.15) is 12.4 Å². The highest BCUT2D eigenvalue weighted by atomic mass is 35.5. The Hall–Kier alpha value is -3.56. The maximum absolute atomic E-state index is 13.3. The standard InChI is InChI=1S/C36H43ClN2O7/c1-38-15-4-3-7-31(45-20-34(41)42)27-11-8-25(27)19-39-21-36(14-5-6-24-16-26(37)10-12-29(24)36)22-46-32-13-9-23(17-30(32)39)28(18-33(38)40)35(43)44-2/h3,7,9-10,12-13,16-17,25,27-28,31H,4-6,8,11,14-15,18-22H2,1-2H3,(H,41,42)/b7-3-/t25-,27+,28-,31-,36-/m0/s1. The van der Waals surface area contributed by atoms with Gasteiger partial charge in [-0.15, -0.1) is 0 Å². The van der Waals surface area contributed by atoms with Crippen molar-refractivity contribution < 1.29 is 33.7 Å². The van der Waals surface area contributed by atoms with Gasteiger partial charge in [0, 0.05) is 43.5 Å². The van der Waals surface area contributed by atoms with Crippen LogP contribution in [0.25, 0.3) is 0 Å². The maximum Gasteiger partial charge on any atom is 0.329 e. The van der Waals surface area contributed by atoms with E-state index in [1.165, 1.54) is 18.2 Å². The molecule has 2 aliphatic heterocycles. The molecule has 5 atom stereocenters. The van der Waals surface area contributed by atoms with E-state index < -0.39 is 17.9 Å². The van der Waals surface area contributed by atoms with Gasteiger partial charge in [-0.2, -0.15) is 0 Å². The van der Waals surface area contributed by atoms with Crippen molar-refractivity contribution in [3.05, 3.63) is 70.3 Å². The monoisotopic (exact) mass is 650 g/mol. The van der Waals surface area contributed by atoms with Gasteiger partial charge >= 0.3 is 11.9 Å². The number of methoxy groups -OCH3 is 1. The van der Waals surface area contributed by atoms with Crippen LogP contribution in [0, 0.1) is 11.8 Å². The van der Waals surface area contributed by atoms with E-state index in [0.29, 0.717) is 31.7 Å². The van der Waals surface area contributed by atoms with Gasteiger partial charge in [-0.25, -0.2) is 4.79 Å². The molecular formula is C36H43ClN2O7. The number of rotatable bonds is 4. The summed E-state index contributed by atoms with van der Waals surface area (Å²) in [5.74, 6) is -1.21. The number of anilines is 1. The first-order valence-electron chi connectivity index (χ1n) is 16.3. The number of halogens is 1. The third-order valence-corrected chi connectivity index (χ3v) is 10.7. The fraction of sp³-hybridized carbons (Fsp3) is 0.528. The molecule has 2 aliphatic carbocycles. The third-order valence-electron chi connectivity index (χ3n) is 10.5. The number of carboxylic acid groups (broad SMARTS) is 1. The SMILES string of the molecule is COC(=O)[C@H]1CC(=O)N(C)CC/C=C\[C@H](OCC(=O)O)[C@@H]2CC[C@H]2CN2C[C@@]3(CCCc4cc(Cl)ccc43)COc3ccc1cc32. The molecular weight excluding hydrogens is 608 g/mol. The summed E-state index contributed by atoms with van der Waals surface area (Å²) in [5, 5.41) is 10.1. The lowest BCUT2D eigenvalue weighted by atomic mass is 9.68. The maximum atomic E-state index is 13.3. The van der Waals surface area contributed by atoms with Gasteiger partial charge in [0.05, 0.1) is 31.4 Å². The van der Waals surface area contributed by atoms with E-state index in [1.54, 1.807) is 11.9 Å². The zero-order valence-electron chi connectivity index (χ0n) is 26.6. The highest BCUT2D eigenvalue weighted by molar-refractivity contribution is 6.30. The number of hydrogen-bond donors (Lipinski definition) is 1. The predicted molar refractivity (Wildman–Crippen MR) is 175 cm³/mol. The molecule has 1 fully saturated rings. The molecule has 46 heavy (non-hydrogen) atoms. The molecule has 1 N–H and O–H groups in total. The van der Waals surface area contributed by atoms with Crippen molar-refractivity contribution in [2.24, 2.45) is 11.8 Å². The number of aryl methyl sites for hydroxylation is 1. The second-order valence-electron chi connectivity index (χ2n) is 13.3. The Morgan fingerprint density at radius 1 is 1.17 bits per heavy atom. The molecule has 0 unspecified atom stereocenters. The summed E-state index contributed by atoms with van der Waals surface area (Å²) >= 11 is 6.43. The van der Waals surface area contributed by atoms with E-state index >= 15 is 0 Å². The number of amides is 1. The van der Waals surface area contributed by atoms with Gasteiger partial charge in [-0.05, 0) is 91.3 Å². The number of hydrogen-bond acceptors (Lipinski definition) is 7. The smallest absolute Gasteiger partial charge is 0.329 e. The van der Waals surface area contributed by atoms with E-state index in [9.17, 15) is 19.5 Å². The average molecular weight is 651 g/mol. The minimum absolute atomic E-state index is 0.0142. The topological polar surface area (TPSA) is 106 Å². The second-order valence-corrected chi connectivity index (χ2v) is 13.8. The van der Waals surface area contributed by atoms with Crippen LogP contribution in [0.3, 0.4) is 0 Å². The van der Waals surface area contributed by atoms with Gasteiger partial charge in [0.25, 0.3) is 0 Å².